The maximum atomic E-state index is 13.2. The molecule has 1 amide bonds. The number of H-pyrrole nitrogens is 1. The average molecular weight is 305 g/mol. The standard InChI is InChI=1S/C16H20FN3O2/c1-20(16(21)11-22-2)8-4-7-14-10-15(19-18-14)12-5-3-6-13(17)9-12/h3,5-6,9-10H,4,7-8,11H2,1-2H3,(H,18,19). The van der Waals surface area contributed by atoms with Crippen molar-refractivity contribution in [2.45, 2.75) is 12.8 Å². The summed E-state index contributed by atoms with van der Waals surface area (Å²) in [6.07, 6.45) is 1.59. The summed E-state index contributed by atoms with van der Waals surface area (Å²) in [6, 6.07) is 8.25. The van der Waals surface area contributed by atoms with Gasteiger partial charge in [0, 0.05) is 32.0 Å². The van der Waals surface area contributed by atoms with Crippen LogP contribution in [0.5, 0.6) is 0 Å². The van der Waals surface area contributed by atoms with Crippen LogP contribution in [0.1, 0.15) is 12.1 Å². The van der Waals surface area contributed by atoms with Crippen molar-refractivity contribution in [3.63, 3.8) is 0 Å². The first-order valence-electron chi connectivity index (χ1n) is 7.13. The predicted molar refractivity (Wildman–Crippen MR) is 81.8 cm³/mol. The SMILES string of the molecule is COCC(=O)N(C)CCCc1cc(-c2cccc(F)c2)n[nH]1. The van der Waals surface area contributed by atoms with E-state index < -0.39 is 0 Å². The van der Waals surface area contributed by atoms with Crippen LogP contribution in [0.2, 0.25) is 0 Å². The Hall–Kier alpha value is -2.21. The second kappa shape index (κ2) is 7.70. The normalized spacial score (nSPS) is 10.7. The van der Waals surface area contributed by atoms with E-state index in [1.165, 1.54) is 19.2 Å². The summed E-state index contributed by atoms with van der Waals surface area (Å²) in [4.78, 5) is 13.2. The molecule has 6 heteroatoms. The topological polar surface area (TPSA) is 58.2 Å². The molecule has 22 heavy (non-hydrogen) atoms. The molecule has 0 atom stereocenters. The van der Waals surface area contributed by atoms with Crippen LogP contribution in [0.15, 0.2) is 30.3 Å². The van der Waals surface area contributed by atoms with Gasteiger partial charge in [0.15, 0.2) is 0 Å². The number of hydrogen-bond acceptors (Lipinski definition) is 3. The van der Waals surface area contributed by atoms with Crippen molar-refractivity contribution in [3.05, 3.63) is 41.8 Å². The number of nitrogens with one attached hydrogen (secondary N) is 1. The van der Waals surface area contributed by atoms with E-state index in [0.29, 0.717) is 6.54 Å². The lowest BCUT2D eigenvalue weighted by molar-refractivity contribution is -0.133. The molecule has 0 radical (unpaired) electrons. The molecule has 0 aliphatic rings. The van der Waals surface area contributed by atoms with Crippen molar-refractivity contribution < 1.29 is 13.9 Å². The van der Waals surface area contributed by atoms with Crippen molar-refractivity contribution in [3.8, 4) is 11.3 Å². The van der Waals surface area contributed by atoms with Crippen LogP contribution in [-0.4, -0.2) is 48.3 Å². The number of aromatic nitrogens is 2. The number of nitrogens with zero attached hydrogens (tertiary/aromatic N) is 2. The fourth-order valence-corrected chi connectivity index (χ4v) is 2.15. The number of carbonyl (C=O) groups excluding carboxylic acids is 1. The monoisotopic (exact) mass is 305 g/mol. The Labute approximate surface area is 129 Å². The minimum atomic E-state index is -0.277. The molecule has 0 saturated heterocycles. The zero-order chi connectivity index (χ0) is 15.9. The molecule has 0 fully saturated rings. The molecule has 2 rings (SSSR count). The average Bonchev–Trinajstić information content (AvgIpc) is 2.96. The largest absolute Gasteiger partial charge is 0.375 e. The Morgan fingerprint density at radius 2 is 2.23 bits per heavy atom. The second-order valence-corrected chi connectivity index (χ2v) is 5.14. The van der Waals surface area contributed by atoms with Crippen molar-refractivity contribution >= 4 is 5.91 Å². The fraction of sp³-hybridized carbons (Fsp3) is 0.375. The third-order valence-electron chi connectivity index (χ3n) is 3.38. The van der Waals surface area contributed by atoms with Crippen LogP contribution in [0.25, 0.3) is 11.3 Å². The zero-order valence-electron chi connectivity index (χ0n) is 12.8. The lowest BCUT2D eigenvalue weighted by Crippen LogP contribution is -2.31. The number of likely N-dealkylation sites (N-methyl/N-ethyl adjacent to an activating group) is 1. The summed E-state index contributed by atoms with van der Waals surface area (Å²) in [6.45, 7) is 0.751. The van der Waals surface area contributed by atoms with Gasteiger partial charge in [-0.1, -0.05) is 12.1 Å². The van der Waals surface area contributed by atoms with Crippen LogP contribution in [0, 0.1) is 5.82 Å². The first kappa shape index (κ1) is 16.2. The van der Waals surface area contributed by atoms with Crippen LogP contribution in [0.4, 0.5) is 4.39 Å². The number of aryl methyl sites for hydroxylation is 1. The van der Waals surface area contributed by atoms with E-state index >= 15 is 0 Å². The lowest BCUT2D eigenvalue weighted by Gasteiger charge is -2.15. The van der Waals surface area contributed by atoms with Gasteiger partial charge in [-0.05, 0) is 31.0 Å². The van der Waals surface area contributed by atoms with E-state index in [0.717, 1.165) is 29.8 Å². The molecule has 0 saturated carbocycles. The van der Waals surface area contributed by atoms with E-state index in [9.17, 15) is 9.18 Å². The van der Waals surface area contributed by atoms with Gasteiger partial charge in [-0.25, -0.2) is 4.39 Å². The second-order valence-electron chi connectivity index (χ2n) is 5.14. The highest BCUT2D eigenvalue weighted by molar-refractivity contribution is 5.77. The fourth-order valence-electron chi connectivity index (χ4n) is 2.15. The number of carbonyl (C=O) groups is 1. The van der Waals surface area contributed by atoms with Gasteiger partial charge in [0.05, 0.1) is 5.69 Å². The van der Waals surface area contributed by atoms with Gasteiger partial charge < -0.3 is 9.64 Å². The summed E-state index contributed by atoms with van der Waals surface area (Å²) in [5, 5.41) is 7.15. The number of rotatable bonds is 7. The Bertz CT molecular complexity index is 627. The van der Waals surface area contributed by atoms with E-state index in [-0.39, 0.29) is 18.3 Å². The molecule has 1 N–H and O–H groups in total. The summed E-state index contributed by atoms with van der Waals surface area (Å²) < 4.78 is 18.0. The minimum absolute atomic E-state index is 0.0347. The van der Waals surface area contributed by atoms with Gasteiger partial charge in [-0.3, -0.25) is 9.89 Å². The van der Waals surface area contributed by atoms with Gasteiger partial charge in [-0.2, -0.15) is 5.10 Å². The molecule has 2 aromatic rings. The molecule has 0 aliphatic carbocycles. The number of halogens is 1. The number of amides is 1. The van der Waals surface area contributed by atoms with Crippen LogP contribution < -0.4 is 0 Å². The molecule has 118 valence electrons. The maximum Gasteiger partial charge on any atom is 0.248 e. The summed E-state index contributed by atoms with van der Waals surface area (Å²) in [5.74, 6) is -0.312. The third-order valence-corrected chi connectivity index (χ3v) is 3.38. The van der Waals surface area contributed by atoms with Crippen molar-refractivity contribution in [2.24, 2.45) is 0 Å². The van der Waals surface area contributed by atoms with Crippen LogP contribution >= 0.6 is 0 Å². The number of hydrogen-bond donors (Lipinski definition) is 1. The van der Waals surface area contributed by atoms with E-state index in [1.54, 1.807) is 18.0 Å². The predicted octanol–water partition coefficient (Wildman–Crippen LogP) is 2.25. The minimum Gasteiger partial charge on any atom is -0.375 e. The highest BCUT2D eigenvalue weighted by Crippen LogP contribution is 2.19. The first-order valence-corrected chi connectivity index (χ1v) is 7.13. The number of methoxy groups -OCH3 is 1. The van der Waals surface area contributed by atoms with E-state index in [2.05, 4.69) is 10.2 Å². The molecule has 1 aromatic carbocycles. The van der Waals surface area contributed by atoms with E-state index in [1.807, 2.05) is 12.1 Å². The van der Waals surface area contributed by atoms with Gasteiger partial charge in [0.2, 0.25) is 5.91 Å². The van der Waals surface area contributed by atoms with Crippen LogP contribution in [0.3, 0.4) is 0 Å². The lowest BCUT2D eigenvalue weighted by atomic mass is 10.1. The molecule has 1 heterocycles. The molecule has 1 aromatic heterocycles. The van der Waals surface area contributed by atoms with Crippen molar-refractivity contribution in [1.29, 1.82) is 0 Å². The highest BCUT2D eigenvalue weighted by atomic mass is 19.1. The quantitative estimate of drug-likeness (QED) is 0.853. The maximum absolute atomic E-state index is 13.2. The van der Waals surface area contributed by atoms with Gasteiger partial charge in [0.1, 0.15) is 12.4 Å². The van der Waals surface area contributed by atoms with Gasteiger partial charge in [-0.15, -0.1) is 0 Å². The third kappa shape index (κ3) is 4.39. The Kier molecular flexibility index (Phi) is 5.66. The molecule has 0 spiro atoms. The van der Waals surface area contributed by atoms with Crippen molar-refractivity contribution in [1.82, 2.24) is 15.1 Å². The Morgan fingerprint density at radius 3 is 2.95 bits per heavy atom. The molecule has 5 nitrogen and oxygen atoms in total. The number of ether oxygens (including phenoxy) is 1. The molecular weight excluding hydrogens is 285 g/mol. The molecule has 0 unspecified atom stereocenters. The Morgan fingerprint density at radius 1 is 1.41 bits per heavy atom. The summed E-state index contributed by atoms with van der Waals surface area (Å²) in [5.41, 5.74) is 2.43. The van der Waals surface area contributed by atoms with Crippen molar-refractivity contribution in [2.75, 3.05) is 27.3 Å². The summed E-state index contributed by atoms with van der Waals surface area (Å²) in [7, 11) is 3.26. The molecule has 0 bridgehead atoms. The first-order chi connectivity index (χ1) is 10.6. The molecule has 0 aliphatic heterocycles. The van der Waals surface area contributed by atoms with Crippen LogP contribution in [-0.2, 0) is 16.0 Å². The number of aromatic amines is 1. The van der Waals surface area contributed by atoms with Gasteiger partial charge in [0.25, 0.3) is 0 Å². The highest BCUT2D eigenvalue weighted by Gasteiger charge is 2.09. The Balaban J connectivity index is 1.86. The molecular formula is C16H20FN3O2. The number of benzene rings is 1. The van der Waals surface area contributed by atoms with Gasteiger partial charge >= 0.3 is 0 Å². The van der Waals surface area contributed by atoms with E-state index in [4.69, 9.17) is 4.74 Å². The zero-order valence-corrected chi connectivity index (χ0v) is 12.8. The summed E-state index contributed by atoms with van der Waals surface area (Å²) >= 11 is 0. The smallest absolute Gasteiger partial charge is 0.248 e.